The SMILES string of the molecule is Cc1ccccc1-c1ccc2sc3cc(N(c4cc(-c5ccccc5)c5ccccc5c4)c4ccc(-c5ccccc5)c5ccccc45)ccc3c2c1. The standard InChI is InChI=1S/C51H35NS/c1-34-14-8-10-20-41(34)38-24-29-50-48(31-38)46-26-25-39(33-51(46)53-50)52(40-30-37-19-9-11-21-42(37)47(32-40)36-17-6-3-7-18-36)49-28-27-43(35-15-4-2-5-16-35)44-22-12-13-23-45(44)49/h2-33H,1H3. The van der Waals surface area contributed by atoms with E-state index in [1.54, 1.807) is 0 Å². The minimum Gasteiger partial charge on any atom is -0.310 e. The molecule has 250 valence electrons. The van der Waals surface area contributed by atoms with Gasteiger partial charge in [-0.1, -0.05) is 152 Å². The van der Waals surface area contributed by atoms with Crippen LogP contribution in [0.4, 0.5) is 17.1 Å². The van der Waals surface area contributed by atoms with Gasteiger partial charge >= 0.3 is 0 Å². The van der Waals surface area contributed by atoms with Crippen molar-refractivity contribution >= 4 is 70.1 Å². The van der Waals surface area contributed by atoms with Gasteiger partial charge in [-0.05, 0) is 104 Å². The number of fused-ring (bicyclic) bond motifs is 5. The lowest BCUT2D eigenvalue weighted by Gasteiger charge is -2.28. The van der Waals surface area contributed by atoms with Crippen molar-refractivity contribution in [2.75, 3.05) is 4.90 Å². The second-order valence-electron chi connectivity index (χ2n) is 13.8. The highest BCUT2D eigenvalue weighted by molar-refractivity contribution is 7.25. The van der Waals surface area contributed by atoms with Gasteiger partial charge in [-0.3, -0.25) is 0 Å². The molecule has 1 aromatic heterocycles. The molecule has 0 amide bonds. The predicted molar refractivity (Wildman–Crippen MR) is 230 cm³/mol. The van der Waals surface area contributed by atoms with E-state index in [4.69, 9.17) is 0 Å². The van der Waals surface area contributed by atoms with Gasteiger partial charge in [0.05, 0.1) is 5.69 Å². The van der Waals surface area contributed by atoms with E-state index in [0.29, 0.717) is 0 Å². The Balaban J connectivity index is 1.22. The van der Waals surface area contributed by atoms with E-state index in [0.717, 1.165) is 17.1 Å². The van der Waals surface area contributed by atoms with E-state index >= 15 is 0 Å². The third-order valence-corrected chi connectivity index (χ3v) is 11.7. The summed E-state index contributed by atoms with van der Waals surface area (Å²) >= 11 is 1.87. The summed E-state index contributed by atoms with van der Waals surface area (Å²) in [6, 6.07) is 71.1. The molecule has 0 fully saturated rings. The fourth-order valence-electron chi connectivity index (χ4n) is 8.02. The summed E-state index contributed by atoms with van der Waals surface area (Å²) in [7, 11) is 0. The Hall–Kier alpha value is -6.48. The molecule has 10 rings (SSSR count). The zero-order valence-corrected chi connectivity index (χ0v) is 30.1. The Morgan fingerprint density at radius 2 is 1.04 bits per heavy atom. The maximum Gasteiger partial charge on any atom is 0.0540 e. The van der Waals surface area contributed by atoms with Crippen LogP contribution in [0.3, 0.4) is 0 Å². The average Bonchev–Trinajstić information content (AvgIpc) is 3.59. The van der Waals surface area contributed by atoms with Crippen LogP contribution in [0.1, 0.15) is 5.56 Å². The molecule has 0 aliphatic heterocycles. The fraction of sp³-hybridized carbons (Fsp3) is 0.0196. The molecule has 0 bridgehead atoms. The van der Waals surface area contributed by atoms with E-state index in [9.17, 15) is 0 Å². The van der Waals surface area contributed by atoms with Crippen molar-refractivity contribution in [2.24, 2.45) is 0 Å². The summed E-state index contributed by atoms with van der Waals surface area (Å²) < 4.78 is 2.58. The van der Waals surface area contributed by atoms with Crippen molar-refractivity contribution in [3.63, 3.8) is 0 Å². The van der Waals surface area contributed by atoms with Gasteiger partial charge < -0.3 is 4.90 Å². The highest BCUT2D eigenvalue weighted by Crippen LogP contribution is 2.46. The number of rotatable bonds is 6. The van der Waals surface area contributed by atoms with Gasteiger partial charge in [0.15, 0.2) is 0 Å². The molecule has 0 radical (unpaired) electrons. The highest BCUT2D eigenvalue weighted by Gasteiger charge is 2.21. The quantitative estimate of drug-likeness (QED) is 0.168. The van der Waals surface area contributed by atoms with E-state index in [1.165, 1.54) is 80.7 Å². The summed E-state index contributed by atoms with van der Waals surface area (Å²) in [5.74, 6) is 0. The summed E-state index contributed by atoms with van der Waals surface area (Å²) in [5.41, 5.74) is 12.1. The van der Waals surface area contributed by atoms with Gasteiger partial charge in [0, 0.05) is 36.9 Å². The zero-order valence-electron chi connectivity index (χ0n) is 29.3. The van der Waals surface area contributed by atoms with E-state index in [-0.39, 0.29) is 0 Å². The van der Waals surface area contributed by atoms with Crippen LogP contribution in [0.2, 0.25) is 0 Å². The Kier molecular flexibility index (Phi) is 7.63. The van der Waals surface area contributed by atoms with E-state index in [1.807, 2.05) is 11.3 Å². The molecule has 10 aromatic rings. The lowest BCUT2D eigenvalue weighted by Crippen LogP contribution is -2.11. The minimum absolute atomic E-state index is 1.13. The molecule has 9 aromatic carbocycles. The number of hydrogen-bond donors (Lipinski definition) is 0. The summed E-state index contributed by atoms with van der Waals surface area (Å²) in [6.07, 6.45) is 0. The number of nitrogens with zero attached hydrogens (tertiary/aromatic N) is 1. The van der Waals surface area contributed by atoms with Crippen molar-refractivity contribution in [3.05, 3.63) is 200 Å². The first-order valence-electron chi connectivity index (χ1n) is 18.2. The molecule has 2 heteroatoms. The monoisotopic (exact) mass is 693 g/mol. The number of benzene rings is 9. The Bertz CT molecular complexity index is 2960. The van der Waals surface area contributed by atoms with Crippen molar-refractivity contribution in [3.8, 4) is 33.4 Å². The van der Waals surface area contributed by atoms with Crippen molar-refractivity contribution < 1.29 is 0 Å². The average molecular weight is 694 g/mol. The molecule has 1 heterocycles. The van der Waals surface area contributed by atoms with Gasteiger partial charge in [0.25, 0.3) is 0 Å². The van der Waals surface area contributed by atoms with Crippen LogP contribution in [0.15, 0.2) is 194 Å². The van der Waals surface area contributed by atoms with Crippen LogP contribution in [0.5, 0.6) is 0 Å². The summed E-state index contributed by atoms with van der Waals surface area (Å²) in [5, 5.41) is 7.50. The normalized spacial score (nSPS) is 11.5. The van der Waals surface area contributed by atoms with Gasteiger partial charge in [0.1, 0.15) is 0 Å². The number of hydrogen-bond acceptors (Lipinski definition) is 2. The number of anilines is 3. The van der Waals surface area contributed by atoms with Crippen LogP contribution in [0.25, 0.3) is 75.1 Å². The first kappa shape index (κ1) is 31.3. The smallest absolute Gasteiger partial charge is 0.0540 e. The van der Waals surface area contributed by atoms with Crippen LogP contribution >= 0.6 is 11.3 Å². The van der Waals surface area contributed by atoms with Crippen LogP contribution < -0.4 is 4.90 Å². The third kappa shape index (κ3) is 5.47. The van der Waals surface area contributed by atoms with Crippen LogP contribution in [0, 0.1) is 6.92 Å². The lowest BCUT2D eigenvalue weighted by molar-refractivity contribution is 1.31. The second-order valence-corrected chi connectivity index (χ2v) is 14.9. The molecule has 0 saturated carbocycles. The first-order chi connectivity index (χ1) is 26.2. The largest absolute Gasteiger partial charge is 0.310 e. The molecule has 0 saturated heterocycles. The third-order valence-electron chi connectivity index (χ3n) is 10.6. The molecule has 0 spiro atoms. The van der Waals surface area contributed by atoms with Crippen molar-refractivity contribution in [1.82, 2.24) is 0 Å². The van der Waals surface area contributed by atoms with Crippen LogP contribution in [-0.2, 0) is 0 Å². The summed E-state index contributed by atoms with van der Waals surface area (Å²) in [6.45, 7) is 2.19. The zero-order chi connectivity index (χ0) is 35.3. The maximum absolute atomic E-state index is 2.47. The molecule has 0 aliphatic rings. The molecule has 0 aliphatic carbocycles. The molecular formula is C51H35NS. The van der Waals surface area contributed by atoms with E-state index in [2.05, 4.69) is 206 Å². The van der Waals surface area contributed by atoms with Gasteiger partial charge in [0.2, 0.25) is 0 Å². The fourth-order valence-corrected chi connectivity index (χ4v) is 9.14. The minimum atomic E-state index is 1.13. The Morgan fingerprint density at radius 3 is 1.83 bits per heavy atom. The number of aryl methyl sites for hydroxylation is 1. The molecule has 0 unspecified atom stereocenters. The molecule has 0 atom stereocenters. The molecule has 0 N–H and O–H groups in total. The van der Waals surface area contributed by atoms with Crippen molar-refractivity contribution in [2.45, 2.75) is 6.92 Å². The Morgan fingerprint density at radius 1 is 0.358 bits per heavy atom. The second kappa shape index (κ2) is 12.9. The van der Waals surface area contributed by atoms with Gasteiger partial charge in [-0.25, -0.2) is 0 Å². The van der Waals surface area contributed by atoms with Crippen molar-refractivity contribution in [1.29, 1.82) is 0 Å². The van der Waals surface area contributed by atoms with Gasteiger partial charge in [-0.2, -0.15) is 0 Å². The summed E-state index contributed by atoms with van der Waals surface area (Å²) in [4.78, 5) is 2.47. The number of thiophene rings is 1. The Labute approximate surface area is 313 Å². The lowest BCUT2D eigenvalue weighted by atomic mass is 9.95. The van der Waals surface area contributed by atoms with E-state index < -0.39 is 0 Å². The van der Waals surface area contributed by atoms with Crippen LogP contribution in [-0.4, -0.2) is 0 Å². The topological polar surface area (TPSA) is 3.24 Å². The molecule has 53 heavy (non-hydrogen) atoms. The molecular weight excluding hydrogens is 659 g/mol. The first-order valence-corrected chi connectivity index (χ1v) is 19.0. The van der Waals surface area contributed by atoms with Gasteiger partial charge in [-0.15, -0.1) is 11.3 Å². The highest BCUT2D eigenvalue weighted by atomic mass is 32.1. The predicted octanol–water partition coefficient (Wildman–Crippen LogP) is 15.1. The maximum atomic E-state index is 2.47. The molecule has 1 nitrogen and oxygen atoms in total.